The predicted molar refractivity (Wildman–Crippen MR) is 114 cm³/mol. The average Bonchev–Trinajstić information content (AvgIpc) is 3.49. The molecule has 3 aromatic rings. The maximum Gasteiger partial charge on any atom is 0.258 e. The summed E-state index contributed by atoms with van der Waals surface area (Å²) in [5.74, 6) is 0.654. The molecule has 146 valence electrons. The molecule has 1 aliphatic rings. The highest BCUT2D eigenvalue weighted by Gasteiger charge is 2.16. The third kappa shape index (κ3) is 4.98. The molecule has 0 unspecified atom stereocenters. The standard InChI is InChI=1S/C21H23N3O2S2/c25-20(23-13-21-22-7-11-28-21)15-26-18-6-5-16(19-4-3-10-27-19)12-17(18)14-24-8-1-2-9-24/h3-7,10-12H,1-2,8-9,13-15H2,(H,23,25). The van der Waals surface area contributed by atoms with Gasteiger partial charge in [0.15, 0.2) is 6.61 Å². The fraction of sp³-hybridized carbons (Fsp3) is 0.333. The highest BCUT2D eigenvalue weighted by molar-refractivity contribution is 7.13. The first-order valence-corrected chi connectivity index (χ1v) is 11.2. The molecule has 1 saturated heterocycles. The molecule has 2 aromatic heterocycles. The van der Waals surface area contributed by atoms with Crippen LogP contribution in [0.4, 0.5) is 0 Å². The van der Waals surface area contributed by atoms with E-state index in [9.17, 15) is 4.79 Å². The summed E-state index contributed by atoms with van der Waals surface area (Å²) in [5.41, 5.74) is 2.34. The lowest BCUT2D eigenvalue weighted by Gasteiger charge is -2.18. The van der Waals surface area contributed by atoms with Gasteiger partial charge in [-0.1, -0.05) is 6.07 Å². The number of aromatic nitrogens is 1. The lowest BCUT2D eigenvalue weighted by Crippen LogP contribution is -2.28. The van der Waals surface area contributed by atoms with E-state index in [1.165, 1.54) is 34.6 Å². The molecule has 0 saturated carbocycles. The number of amides is 1. The molecule has 28 heavy (non-hydrogen) atoms. The Morgan fingerprint density at radius 1 is 1.18 bits per heavy atom. The molecule has 0 aliphatic carbocycles. The van der Waals surface area contributed by atoms with Crippen molar-refractivity contribution in [2.24, 2.45) is 0 Å². The van der Waals surface area contributed by atoms with Crippen LogP contribution in [0.25, 0.3) is 10.4 Å². The number of thiazole rings is 1. The number of benzene rings is 1. The van der Waals surface area contributed by atoms with E-state index in [4.69, 9.17) is 4.74 Å². The lowest BCUT2D eigenvalue weighted by molar-refractivity contribution is -0.123. The summed E-state index contributed by atoms with van der Waals surface area (Å²) < 4.78 is 5.90. The highest BCUT2D eigenvalue weighted by atomic mass is 32.1. The third-order valence-electron chi connectivity index (χ3n) is 4.74. The van der Waals surface area contributed by atoms with E-state index in [-0.39, 0.29) is 12.5 Å². The van der Waals surface area contributed by atoms with E-state index in [2.05, 4.69) is 44.8 Å². The zero-order valence-corrected chi connectivity index (χ0v) is 17.2. The van der Waals surface area contributed by atoms with Gasteiger partial charge in [-0.25, -0.2) is 4.98 Å². The molecule has 3 heterocycles. The number of nitrogens with one attached hydrogen (secondary N) is 1. The quantitative estimate of drug-likeness (QED) is 0.602. The van der Waals surface area contributed by atoms with Crippen LogP contribution in [0.3, 0.4) is 0 Å². The van der Waals surface area contributed by atoms with Crippen molar-refractivity contribution in [2.75, 3.05) is 19.7 Å². The van der Waals surface area contributed by atoms with Crippen LogP contribution in [0.2, 0.25) is 0 Å². The first kappa shape index (κ1) is 19.1. The summed E-state index contributed by atoms with van der Waals surface area (Å²) in [6.07, 6.45) is 4.24. The van der Waals surface area contributed by atoms with Gasteiger partial charge in [-0.3, -0.25) is 9.69 Å². The van der Waals surface area contributed by atoms with Gasteiger partial charge < -0.3 is 10.1 Å². The summed E-state index contributed by atoms with van der Waals surface area (Å²) in [6.45, 7) is 3.55. The Bertz CT molecular complexity index is 889. The van der Waals surface area contributed by atoms with Crippen LogP contribution in [0, 0.1) is 0 Å². The van der Waals surface area contributed by atoms with E-state index < -0.39 is 0 Å². The van der Waals surface area contributed by atoms with Crippen molar-refractivity contribution in [2.45, 2.75) is 25.9 Å². The van der Waals surface area contributed by atoms with Gasteiger partial charge in [0.25, 0.3) is 5.91 Å². The summed E-state index contributed by atoms with van der Waals surface area (Å²) in [5, 5.41) is 7.74. The second-order valence-corrected chi connectivity index (χ2v) is 8.70. The minimum Gasteiger partial charge on any atom is -0.483 e. The summed E-state index contributed by atoms with van der Waals surface area (Å²) >= 11 is 3.26. The molecule has 7 heteroatoms. The minimum absolute atomic E-state index is 0.0106. The van der Waals surface area contributed by atoms with Gasteiger partial charge in [0, 0.05) is 28.6 Å². The number of rotatable bonds is 8. The van der Waals surface area contributed by atoms with Crippen LogP contribution in [-0.4, -0.2) is 35.5 Å². The van der Waals surface area contributed by atoms with E-state index in [1.807, 2.05) is 11.4 Å². The van der Waals surface area contributed by atoms with Crippen LogP contribution < -0.4 is 10.1 Å². The minimum atomic E-state index is -0.135. The van der Waals surface area contributed by atoms with Gasteiger partial charge in [-0.2, -0.15) is 0 Å². The molecular formula is C21H23N3O2S2. The Morgan fingerprint density at radius 3 is 2.82 bits per heavy atom. The Balaban J connectivity index is 1.42. The molecule has 5 nitrogen and oxygen atoms in total. The molecule has 4 rings (SSSR count). The number of hydrogen-bond donors (Lipinski definition) is 1. The number of likely N-dealkylation sites (tertiary alicyclic amines) is 1. The van der Waals surface area contributed by atoms with Gasteiger partial charge in [0.05, 0.1) is 6.54 Å². The first-order valence-electron chi connectivity index (χ1n) is 9.45. The molecule has 1 fully saturated rings. The van der Waals surface area contributed by atoms with Gasteiger partial charge in [-0.15, -0.1) is 22.7 Å². The van der Waals surface area contributed by atoms with Gasteiger partial charge >= 0.3 is 0 Å². The number of ether oxygens (including phenoxy) is 1. The smallest absolute Gasteiger partial charge is 0.258 e. The van der Waals surface area contributed by atoms with Gasteiger partial charge in [0.1, 0.15) is 10.8 Å². The molecule has 1 amide bonds. The highest BCUT2D eigenvalue weighted by Crippen LogP contribution is 2.31. The van der Waals surface area contributed by atoms with Crippen molar-refractivity contribution in [1.29, 1.82) is 0 Å². The van der Waals surface area contributed by atoms with Crippen LogP contribution in [0.15, 0.2) is 47.3 Å². The summed E-state index contributed by atoms with van der Waals surface area (Å²) in [7, 11) is 0. The average molecular weight is 414 g/mol. The van der Waals surface area contributed by atoms with Crippen molar-refractivity contribution in [3.8, 4) is 16.2 Å². The van der Waals surface area contributed by atoms with Gasteiger partial charge in [-0.05, 0) is 61.1 Å². The molecule has 1 N–H and O–H groups in total. The second-order valence-electron chi connectivity index (χ2n) is 6.77. The maximum absolute atomic E-state index is 12.2. The number of thiophene rings is 1. The fourth-order valence-corrected chi connectivity index (χ4v) is 4.61. The zero-order chi connectivity index (χ0) is 19.2. The van der Waals surface area contributed by atoms with Crippen LogP contribution in [0.1, 0.15) is 23.4 Å². The normalized spacial score (nSPS) is 14.3. The Hall–Kier alpha value is -2.22. The van der Waals surface area contributed by atoms with E-state index in [0.29, 0.717) is 6.54 Å². The zero-order valence-electron chi connectivity index (χ0n) is 15.6. The summed E-state index contributed by atoms with van der Waals surface area (Å²) in [6, 6.07) is 10.5. The summed E-state index contributed by atoms with van der Waals surface area (Å²) in [4.78, 5) is 20.0. The molecular weight excluding hydrogens is 390 g/mol. The lowest BCUT2D eigenvalue weighted by atomic mass is 10.1. The van der Waals surface area contributed by atoms with Crippen molar-refractivity contribution in [3.05, 3.63) is 57.9 Å². The molecule has 0 atom stereocenters. The van der Waals surface area contributed by atoms with E-state index in [1.54, 1.807) is 17.5 Å². The first-order chi connectivity index (χ1) is 13.8. The van der Waals surface area contributed by atoms with Crippen LogP contribution in [-0.2, 0) is 17.9 Å². The topological polar surface area (TPSA) is 54.5 Å². The van der Waals surface area contributed by atoms with Crippen LogP contribution >= 0.6 is 22.7 Å². The third-order valence-corrected chi connectivity index (χ3v) is 6.44. The maximum atomic E-state index is 12.2. The SMILES string of the molecule is O=C(COc1ccc(-c2cccs2)cc1CN1CCCC1)NCc1nccs1. The van der Waals surface area contributed by atoms with Crippen LogP contribution in [0.5, 0.6) is 5.75 Å². The predicted octanol–water partition coefficient (Wildman–Crippen LogP) is 4.16. The Morgan fingerprint density at radius 2 is 2.07 bits per heavy atom. The van der Waals surface area contributed by atoms with E-state index in [0.717, 1.165) is 36.0 Å². The van der Waals surface area contributed by atoms with Crippen molar-refractivity contribution >= 4 is 28.6 Å². The molecule has 1 aromatic carbocycles. The van der Waals surface area contributed by atoms with Gasteiger partial charge in [0.2, 0.25) is 0 Å². The number of carbonyl (C=O) groups is 1. The fourth-order valence-electron chi connectivity index (χ4n) is 3.33. The molecule has 0 spiro atoms. The van der Waals surface area contributed by atoms with Crippen molar-refractivity contribution < 1.29 is 9.53 Å². The number of nitrogens with zero attached hydrogens (tertiary/aromatic N) is 2. The second kappa shape index (κ2) is 9.32. The number of carbonyl (C=O) groups excluding carboxylic acids is 1. The molecule has 1 aliphatic heterocycles. The number of hydrogen-bond acceptors (Lipinski definition) is 6. The van der Waals surface area contributed by atoms with Crippen molar-refractivity contribution in [1.82, 2.24) is 15.2 Å². The molecule has 0 bridgehead atoms. The Kier molecular flexibility index (Phi) is 6.36. The molecule has 0 radical (unpaired) electrons. The monoisotopic (exact) mass is 413 g/mol. The van der Waals surface area contributed by atoms with E-state index >= 15 is 0 Å². The van der Waals surface area contributed by atoms with Crippen molar-refractivity contribution in [3.63, 3.8) is 0 Å². The Labute approximate surface area is 173 Å². The largest absolute Gasteiger partial charge is 0.483 e.